The van der Waals surface area contributed by atoms with E-state index in [-0.39, 0.29) is 11.3 Å². The molecule has 0 atom stereocenters. The Morgan fingerprint density at radius 3 is 2.68 bits per heavy atom. The van der Waals surface area contributed by atoms with Gasteiger partial charge < -0.3 is 9.64 Å². The van der Waals surface area contributed by atoms with Crippen molar-refractivity contribution >= 4 is 45.4 Å². The van der Waals surface area contributed by atoms with E-state index in [1.807, 2.05) is 29.2 Å². The predicted octanol–water partition coefficient (Wildman–Crippen LogP) is 4.38. The number of carbonyl (C=O) groups excluding carboxylic acids is 1. The number of aromatic nitrogens is 1. The molecule has 8 nitrogen and oxygen atoms in total. The Kier molecular flexibility index (Phi) is 6.45. The monoisotopic (exact) mass is 458 g/mol. The number of halogens is 1. The van der Waals surface area contributed by atoms with Gasteiger partial charge in [0.25, 0.3) is 11.6 Å². The van der Waals surface area contributed by atoms with E-state index >= 15 is 0 Å². The number of nitro groups is 1. The highest BCUT2D eigenvalue weighted by Crippen LogP contribution is 2.28. The lowest BCUT2D eigenvalue weighted by molar-refractivity contribution is -0.384. The number of hydrogen-bond donors (Lipinski definition) is 1. The van der Waals surface area contributed by atoms with Crippen molar-refractivity contribution in [3.8, 4) is 0 Å². The largest absolute Gasteiger partial charge is 0.378 e. The molecule has 0 spiro atoms. The van der Waals surface area contributed by atoms with Crippen LogP contribution in [-0.4, -0.2) is 42.1 Å². The van der Waals surface area contributed by atoms with Gasteiger partial charge in [0.1, 0.15) is 0 Å². The molecule has 31 heavy (non-hydrogen) atoms. The third kappa shape index (κ3) is 5.19. The molecule has 1 saturated heterocycles. The van der Waals surface area contributed by atoms with Crippen LogP contribution < -0.4 is 10.2 Å². The Bertz CT molecular complexity index is 1100. The van der Waals surface area contributed by atoms with E-state index in [4.69, 9.17) is 16.3 Å². The summed E-state index contributed by atoms with van der Waals surface area (Å²) in [5.74, 6) is -0.433. The van der Waals surface area contributed by atoms with Crippen molar-refractivity contribution in [3.63, 3.8) is 0 Å². The lowest BCUT2D eigenvalue weighted by atomic mass is 10.1. The van der Waals surface area contributed by atoms with Crippen LogP contribution in [0.3, 0.4) is 0 Å². The maximum absolute atomic E-state index is 13.0. The van der Waals surface area contributed by atoms with Crippen LogP contribution in [0.5, 0.6) is 0 Å². The van der Waals surface area contributed by atoms with Crippen LogP contribution >= 0.6 is 22.9 Å². The zero-order chi connectivity index (χ0) is 21.8. The average Bonchev–Trinajstić information content (AvgIpc) is 3.22. The fourth-order valence-electron chi connectivity index (χ4n) is 3.31. The molecule has 1 aliphatic heterocycles. The van der Waals surface area contributed by atoms with Crippen molar-refractivity contribution < 1.29 is 14.5 Å². The Morgan fingerprint density at radius 1 is 1.23 bits per heavy atom. The maximum Gasteiger partial charge on any atom is 0.270 e. The van der Waals surface area contributed by atoms with Gasteiger partial charge in [-0.15, -0.1) is 11.3 Å². The number of nitrogens with zero attached hydrogens (tertiary/aromatic N) is 3. The zero-order valence-corrected chi connectivity index (χ0v) is 18.0. The molecule has 2 heterocycles. The van der Waals surface area contributed by atoms with E-state index in [0.29, 0.717) is 48.6 Å². The Labute approximate surface area is 187 Å². The van der Waals surface area contributed by atoms with Gasteiger partial charge in [0.15, 0.2) is 5.13 Å². The maximum atomic E-state index is 13.0. The number of rotatable bonds is 6. The van der Waals surface area contributed by atoms with Gasteiger partial charge in [0.2, 0.25) is 0 Å². The molecule has 1 amide bonds. The molecule has 0 aliphatic carbocycles. The number of thiazole rings is 1. The Hall–Kier alpha value is -3.01. The lowest BCUT2D eigenvalue weighted by Crippen LogP contribution is -2.37. The first-order valence-corrected chi connectivity index (χ1v) is 10.8. The Morgan fingerprint density at radius 2 is 1.97 bits per heavy atom. The predicted molar refractivity (Wildman–Crippen MR) is 120 cm³/mol. The summed E-state index contributed by atoms with van der Waals surface area (Å²) < 4.78 is 5.37. The van der Waals surface area contributed by atoms with Crippen molar-refractivity contribution in [1.82, 2.24) is 4.98 Å². The highest BCUT2D eigenvalue weighted by Gasteiger charge is 2.22. The van der Waals surface area contributed by atoms with Crippen molar-refractivity contribution in [3.05, 3.63) is 79.8 Å². The summed E-state index contributed by atoms with van der Waals surface area (Å²) in [6.07, 6.45) is 2.38. The molecule has 0 bridgehead atoms. The summed E-state index contributed by atoms with van der Waals surface area (Å²) >= 11 is 7.29. The van der Waals surface area contributed by atoms with Gasteiger partial charge in [-0.05, 0) is 23.8 Å². The highest BCUT2D eigenvalue weighted by molar-refractivity contribution is 7.15. The summed E-state index contributed by atoms with van der Waals surface area (Å²) in [5.41, 5.74) is 1.83. The fourth-order valence-corrected chi connectivity index (χ4v) is 4.28. The van der Waals surface area contributed by atoms with Gasteiger partial charge in [-0.25, -0.2) is 4.98 Å². The second-order valence-corrected chi connectivity index (χ2v) is 8.50. The van der Waals surface area contributed by atoms with E-state index in [2.05, 4.69) is 10.3 Å². The van der Waals surface area contributed by atoms with Crippen LogP contribution in [0.15, 0.2) is 48.7 Å². The second-order valence-electron chi connectivity index (χ2n) is 6.95. The standard InChI is InChI=1S/C21H19ClN4O4S/c22-15-3-1-14(2-4-15)11-17-13-23-21(31-17)24-20(27)18-12-16(26(28)29)5-6-19(18)25-7-9-30-10-8-25/h1-6,12-13H,7-11H2,(H,23,24,27). The first kappa shape index (κ1) is 21.2. The summed E-state index contributed by atoms with van der Waals surface area (Å²) in [6.45, 7) is 2.30. The van der Waals surface area contributed by atoms with E-state index in [1.165, 1.54) is 23.5 Å². The molecule has 1 N–H and O–H groups in total. The molecule has 4 rings (SSSR count). The van der Waals surface area contributed by atoms with Crippen LogP contribution in [0.4, 0.5) is 16.5 Å². The minimum Gasteiger partial charge on any atom is -0.378 e. The average molecular weight is 459 g/mol. The summed E-state index contributed by atoms with van der Waals surface area (Å²) in [6, 6.07) is 11.9. The number of amides is 1. The van der Waals surface area contributed by atoms with Crippen molar-refractivity contribution in [2.24, 2.45) is 0 Å². The third-order valence-electron chi connectivity index (χ3n) is 4.85. The molecular weight excluding hydrogens is 440 g/mol. The van der Waals surface area contributed by atoms with Crippen molar-refractivity contribution in [2.75, 3.05) is 36.5 Å². The minimum atomic E-state index is -0.506. The number of nitrogens with one attached hydrogen (secondary N) is 1. The molecule has 2 aromatic carbocycles. The second kappa shape index (κ2) is 9.42. The van der Waals surface area contributed by atoms with Crippen LogP contribution in [0.1, 0.15) is 20.8 Å². The number of benzene rings is 2. The molecule has 160 valence electrons. The van der Waals surface area contributed by atoms with Gasteiger partial charge in [0.05, 0.1) is 29.4 Å². The summed E-state index contributed by atoms with van der Waals surface area (Å²) in [7, 11) is 0. The van der Waals surface area contributed by atoms with Crippen LogP contribution in [0.2, 0.25) is 5.02 Å². The first-order valence-electron chi connectivity index (χ1n) is 9.61. The smallest absolute Gasteiger partial charge is 0.270 e. The van der Waals surface area contributed by atoms with Gasteiger partial charge in [-0.2, -0.15) is 0 Å². The van der Waals surface area contributed by atoms with Crippen molar-refractivity contribution in [2.45, 2.75) is 6.42 Å². The molecule has 0 unspecified atom stereocenters. The number of carbonyl (C=O) groups is 1. The van der Waals surface area contributed by atoms with Crippen molar-refractivity contribution in [1.29, 1.82) is 0 Å². The number of ether oxygens (including phenoxy) is 1. The third-order valence-corrected chi connectivity index (χ3v) is 6.02. The SMILES string of the molecule is O=C(Nc1ncc(Cc2ccc(Cl)cc2)s1)c1cc([N+](=O)[O-])ccc1N1CCOCC1. The normalized spacial score (nSPS) is 13.8. The van der Waals surface area contributed by atoms with Crippen LogP contribution in [-0.2, 0) is 11.2 Å². The highest BCUT2D eigenvalue weighted by atomic mass is 35.5. The zero-order valence-electron chi connectivity index (χ0n) is 16.4. The molecule has 1 fully saturated rings. The van der Waals surface area contributed by atoms with Crippen LogP contribution in [0, 0.1) is 10.1 Å². The van der Waals surface area contributed by atoms with E-state index in [0.717, 1.165) is 10.4 Å². The van der Waals surface area contributed by atoms with Gasteiger partial charge >= 0.3 is 0 Å². The quantitative estimate of drug-likeness (QED) is 0.434. The number of hydrogen-bond acceptors (Lipinski definition) is 7. The van der Waals surface area contributed by atoms with Gasteiger partial charge in [-0.3, -0.25) is 20.2 Å². The van der Waals surface area contributed by atoms with Gasteiger partial charge in [-0.1, -0.05) is 23.7 Å². The molecule has 3 aromatic rings. The molecule has 10 heteroatoms. The molecule has 1 aromatic heterocycles. The Balaban J connectivity index is 1.53. The molecule has 1 aliphatic rings. The van der Waals surface area contributed by atoms with E-state index in [9.17, 15) is 14.9 Å². The number of non-ortho nitro benzene ring substituents is 1. The molecule has 0 radical (unpaired) electrons. The number of anilines is 2. The summed E-state index contributed by atoms with van der Waals surface area (Å²) in [5, 5.41) is 15.1. The van der Waals surface area contributed by atoms with Gasteiger partial charge in [0, 0.05) is 47.7 Å². The number of nitro benzene ring substituents is 1. The molecular formula is C21H19ClN4O4S. The lowest BCUT2D eigenvalue weighted by Gasteiger charge is -2.30. The number of morpholine rings is 1. The first-order chi connectivity index (χ1) is 15.0. The fraction of sp³-hybridized carbons (Fsp3) is 0.238. The van der Waals surface area contributed by atoms with Crippen LogP contribution in [0.25, 0.3) is 0 Å². The minimum absolute atomic E-state index is 0.135. The van der Waals surface area contributed by atoms with E-state index in [1.54, 1.807) is 12.3 Å². The summed E-state index contributed by atoms with van der Waals surface area (Å²) in [4.78, 5) is 31.0. The topological polar surface area (TPSA) is 97.6 Å². The molecule has 0 saturated carbocycles. The van der Waals surface area contributed by atoms with E-state index < -0.39 is 10.8 Å².